The quantitative estimate of drug-likeness (QED) is 0.609. The minimum atomic E-state index is -0.469. The monoisotopic (exact) mass is 276 g/mol. The average molecular weight is 276 g/mol. The van der Waals surface area contributed by atoms with Gasteiger partial charge in [0.1, 0.15) is 11.7 Å². The van der Waals surface area contributed by atoms with Gasteiger partial charge < -0.3 is 9.47 Å². The summed E-state index contributed by atoms with van der Waals surface area (Å²) in [5, 5.41) is 0. The molecule has 2 atom stereocenters. The average Bonchev–Trinajstić information content (AvgIpc) is 3.05. The lowest BCUT2D eigenvalue weighted by Gasteiger charge is -2.19. The molecule has 1 aliphatic heterocycles. The summed E-state index contributed by atoms with van der Waals surface area (Å²) >= 11 is 0. The molecule has 0 radical (unpaired) electrons. The Morgan fingerprint density at radius 1 is 1.05 bits per heavy atom. The molecule has 1 aliphatic rings. The fraction of sp³-hybridized carbons (Fsp3) is 0.588. The van der Waals surface area contributed by atoms with Gasteiger partial charge in [-0.1, -0.05) is 45.0 Å². The van der Waals surface area contributed by atoms with Crippen molar-refractivity contribution >= 4 is 5.97 Å². The molecular weight excluding hydrogens is 252 g/mol. The number of hydrogen-bond acceptors (Lipinski definition) is 3. The van der Waals surface area contributed by atoms with Crippen molar-refractivity contribution in [3.63, 3.8) is 0 Å². The van der Waals surface area contributed by atoms with Crippen LogP contribution in [0.1, 0.15) is 58.8 Å². The van der Waals surface area contributed by atoms with Gasteiger partial charge in [-0.15, -0.1) is 0 Å². The lowest BCUT2D eigenvalue weighted by atomic mass is 9.86. The van der Waals surface area contributed by atoms with Gasteiger partial charge >= 0.3 is 5.97 Å². The van der Waals surface area contributed by atoms with Crippen LogP contribution in [0.4, 0.5) is 0 Å². The molecule has 110 valence electrons. The molecule has 0 spiro atoms. The molecular formula is C17H24O3. The van der Waals surface area contributed by atoms with Crippen LogP contribution >= 0.6 is 0 Å². The first-order chi connectivity index (χ1) is 9.08. The van der Waals surface area contributed by atoms with Crippen molar-refractivity contribution in [1.82, 2.24) is 0 Å². The summed E-state index contributed by atoms with van der Waals surface area (Å²) in [5.74, 6) is -0.276. The molecule has 20 heavy (non-hydrogen) atoms. The van der Waals surface area contributed by atoms with Crippen molar-refractivity contribution < 1.29 is 14.3 Å². The predicted octanol–water partition coefficient (Wildman–Crippen LogP) is 3.77. The fourth-order valence-electron chi connectivity index (χ4n) is 2.08. The maximum absolute atomic E-state index is 11.9. The number of rotatable bonds is 2. The minimum Gasteiger partial charge on any atom is -0.458 e. The van der Waals surface area contributed by atoms with E-state index in [2.05, 4.69) is 32.9 Å². The molecule has 0 amide bonds. The van der Waals surface area contributed by atoms with E-state index in [1.807, 2.05) is 32.9 Å². The maximum atomic E-state index is 11.9. The highest BCUT2D eigenvalue weighted by Gasteiger charge is 2.48. The van der Waals surface area contributed by atoms with Crippen molar-refractivity contribution in [1.29, 1.82) is 0 Å². The molecule has 0 aromatic heterocycles. The van der Waals surface area contributed by atoms with Crippen molar-refractivity contribution in [2.75, 3.05) is 0 Å². The first-order valence-electron chi connectivity index (χ1n) is 7.07. The van der Waals surface area contributed by atoms with Crippen LogP contribution in [0, 0.1) is 0 Å². The van der Waals surface area contributed by atoms with Crippen LogP contribution in [0.2, 0.25) is 0 Å². The smallest absolute Gasteiger partial charge is 0.338 e. The summed E-state index contributed by atoms with van der Waals surface area (Å²) in [5.41, 5.74) is 1.97. The van der Waals surface area contributed by atoms with E-state index >= 15 is 0 Å². The maximum Gasteiger partial charge on any atom is 0.338 e. The third-order valence-corrected chi connectivity index (χ3v) is 3.24. The van der Waals surface area contributed by atoms with E-state index in [0.29, 0.717) is 0 Å². The van der Waals surface area contributed by atoms with Crippen molar-refractivity contribution in [3.05, 3.63) is 35.4 Å². The Balaban J connectivity index is 2.00. The van der Waals surface area contributed by atoms with Gasteiger partial charge in [0, 0.05) is 0 Å². The van der Waals surface area contributed by atoms with E-state index in [9.17, 15) is 4.79 Å². The number of carbonyl (C=O) groups is 1. The number of ether oxygens (including phenoxy) is 2. The zero-order valence-corrected chi connectivity index (χ0v) is 13.2. The first-order valence-corrected chi connectivity index (χ1v) is 7.07. The van der Waals surface area contributed by atoms with E-state index in [-0.39, 0.29) is 17.5 Å². The highest BCUT2D eigenvalue weighted by molar-refractivity contribution is 5.78. The third-order valence-electron chi connectivity index (χ3n) is 3.24. The van der Waals surface area contributed by atoms with Gasteiger partial charge in [0.2, 0.25) is 0 Å². The Labute approximate surface area is 121 Å². The summed E-state index contributed by atoms with van der Waals surface area (Å²) < 4.78 is 10.8. The molecule has 3 nitrogen and oxygen atoms in total. The van der Waals surface area contributed by atoms with Gasteiger partial charge in [0.25, 0.3) is 0 Å². The van der Waals surface area contributed by atoms with Crippen molar-refractivity contribution in [3.8, 4) is 0 Å². The topological polar surface area (TPSA) is 38.8 Å². The minimum absolute atomic E-state index is 0.132. The summed E-state index contributed by atoms with van der Waals surface area (Å²) in [7, 11) is 0. The van der Waals surface area contributed by atoms with Gasteiger partial charge in [-0.2, -0.15) is 0 Å². The predicted molar refractivity (Wildman–Crippen MR) is 78.6 cm³/mol. The molecule has 1 saturated heterocycles. The standard InChI is InChI=1S/C17H24O3/c1-16(2,3)12-9-7-11(8-10-12)13-14(19-13)15(18)20-17(4,5)6/h7-10,13-14H,1-6H3/t13-,14-/m1/s1. The molecule has 0 N–H and O–H groups in total. The molecule has 1 aromatic carbocycles. The van der Waals surface area contributed by atoms with Gasteiger partial charge in [-0.3, -0.25) is 0 Å². The van der Waals surface area contributed by atoms with Crippen molar-refractivity contribution in [2.45, 2.75) is 64.8 Å². The molecule has 1 aromatic rings. The van der Waals surface area contributed by atoms with Crippen LogP contribution in [0.3, 0.4) is 0 Å². The van der Waals surface area contributed by atoms with E-state index in [1.54, 1.807) is 0 Å². The van der Waals surface area contributed by atoms with E-state index < -0.39 is 11.7 Å². The van der Waals surface area contributed by atoms with Crippen LogP contribution in [-0.2, 0) is 19.7 Å². The molecule has 0 saturated carbocycles. The lowest BCUT2D eigenvalue weighted by molar-refractivity contribution is -0.156. The Bertz CT molecular complexity index is 488. The second-order valence-corrected chi connectivity index (χ2v) is 7.38. The zero-order valence-electron chi connectivity index (χ0n) is 13.2. The van der Waals surface area contributed by atoms with Crippen LogP contribution in [0.5, 0.6) is 0 Å². The molecule has 1 fully saturated rings. The number of benzene rings is 1. The lowest BCUT2D eigenvalue weighted by Crippen LogP contribution is -2.26. The molecule has 0 unspecified atom stereocenters. The second-order valence-electron chi connectivity index (χ2n) is 7.38. The summed E-state index contributed by atoms with van der Waals surface area (Å²) in [6, 6.07) is 8.28. The zero-order chi connectivity index (χ0) is 15.1. The number of carbonyl (C=O) groups excluding carboxylic acids is 1. The first kappa shape index (κ1) is 15.0. The second kappa shape index (κ2) is 4.88. The molecule has 0 aliphatic carbocycles. The molecule has 3 heteroatoms. The van der Waals surface area contributed by atoms with Gasteiger partial charge in [0.05, 0.1) is 0 Å². The van der Waals surface area contributed by atoms with Gasteiger partial charge in [-0.05, 0) is 37.3 Å². The highest BCUT2D eigenvalue weighted by atomic mass is 16.6. The SMILES string of the molecule is CC(C)(C)OC(=O)[C@@H]1O[C@@H]1c1ccc(C(C)(C)C)cc1. The highest BCUT2D eigenvalue weighted by Crippen LogP contribution is 2.40. The Morgan fingerprint density at radius 3 is 2.05 bits per heavy atom. The van der Waals surface area contributed by atoms with Crippen LogP contribution in [0.15, 0.2) is 24.3 Å². The summed E-state index contributed by atoms with van der Waals surface area (Å²) in [4.78, 5) is 11.9. The molecule has 1 heterocycles. The number of epoxide rings is 1. The largest absolute Gasteiger partial charge is 0.458 e. The van der Waals surface area contributed by atoms with Crippen LogP contribution in [0.25, 0.3) is 0 Å². The van der Waals surface area contributed by atoms with Crippen molar-refractivity contribution in [2.24, 2.45) is 0 Å². The Hall–Kier alpha value is -1.35. The number of esters is 1. The van der Waals surface area contributed by atoms with E-state index in [0.717, 1.165) is 5.56 Å². The molecule has 0 bridgehead atoms. The van der Waals surface area contributed by atoms with E-state index in [4.69, 9.17) is 9.47 Å². The van der Waals surface area contributed by atoms with Crippen LogP contribution < -0.4 is 0 Å². The molecule has 2 rings (SSSR count). The normalized spacial score (nSPS) is 22.5. The summed E-state index contributed by atoms with van der Waals surface area (Å²) in [6.07, 6.45) is -0.603. The Kier molecular flexibility index (Phi) is 3.67. The third kappa shape index (κ3) is 3.60. The van der Waals surface area contributed by atoms with Gasteiger partial charge in [-0.25, -0.2) is 4.79 Å². The Morgan fingerprint density at radius 2 is 1.60 bits per heavy atom. The fourth-order valence-corrected chi connectivity index (χ4v) is 2.08. The van der Waals surface area contributed by atoms with Crippen LogP contribution in [-0.4, -0.2) is 17.7 Å². The van der Waals surface area contributed by atoms with Gasteiger partial charge in [0.15, 0.2) is 6.10 Å². The summed E-state index contributed by atoms with van der Waals surface area (Å²) in [6.45, 7) is 12.1. The number of hydrogen-bond donors (Lipinski definition) is 0. The van der Waals surface area contributed by atoms with E-state index in [1.165, 1.54) is 5.56 Å².